The van der Waals surface area contributed by atoms with E-state index in [4.69, 9.17) is 11.6 Å². The zero-order chi connectivity index (χ0) is 15.9. The van der Waals surface area contributed by atoms with E-state index in [1.807, 2.05) is 54.7 Å². The number of hydrogen-bond donors (Lipinski definition) is 1. The number of benzene rings is 2. The summed E-state index contributed by atoms with van der Waals surface area (Å²) in [6.45, 7) is 2.13. The van der Waals surface area contributed by atoms with Crippen LogP contribution in [0.15, 0.2) is 83.0 Å². The summed E-state index contributed by atoms with van der Waals surface area (Å²) < 4.78 is 0. The first-order valence-electron chi connectivity index (χ1n) is 7.96. The van der Waals surface area contributed by atoms with E-state index < -0.39 is 0 Å². The van der Waals surface area contributed by atoms with Gasteiger partial charge < -0.3 is 0 Å². The van der Waals surface area contributed by atoms with E-state index in [9.17, 15) is 0 Å². The van der Waals surface area contributed by atoms with Crippen LogP contribution in [-0.2, 0) is 0 Å². The van der Waals surface area contributed by atoms with Crippen molar-refractivity contribution in [1.82, 2.24) is 0 Å². The van der Waals surface area contributed by atoms with E-state index >= 15 is 0 Å². The molecule has 0 fully saturated rings. The van der Waals surface area contributed by atoms with E-state index in [0.29, 0.717) is 0 Å². The Morgan fingerprint density at radius 1 is 0.913 bits per heavy atom. The van der Waals surface area contributed by atoms with Gasteiger partial charge in [-0.2, -0.15) is 0 Å². The van der Waals surface area contributed by atoms with Gasteiger partial charge in [-0.25, -0.2) is 0 Å². The molecule has 2 aromatic rings. The molecule has 1 aliphatic carbocycles. The third kappa shape index (κ3) is 4.46. The fourth-order valence-corrected chi connectivity index (χ4v) is 2.96. The molecule has 0 atom stereocenters. The van der Waals surface area contributed by atoms with E-state index in [-0.39, 0.29) is 0 Å². The standard InChI is InChI=1S/C20H19BClN/c22-20-16(14-21-18-10-3-1-4-11-18)8-7-9-17(20)15-23-19-12-5-2-6-13-19/h1-6,10-15,23H,7-9H2/b17-15+. The first-order chi connectivity index (χ1) is 11.3. The van der Waals surface area contributed by atoms with Crippen LogP contribution in [0.1, 0.15) is 19.3 Å². The predicted molar refractivity (Wildman–Crippen MR) is 103 cm³/mol. The van der Waals surface area contributed by atoms with Gasteiger partial charge in [-0.3, -0.25) is 0 Å². The van der Waals surface area contributed by atoms with Gasteiger partial charge in [0.2, 0.25) is 0 Å². The van der Waals surface area contributed by atoms with Crippen LogP contribution >= 0.6 is 11.6 Å². The molecular formula is C20H19BClN. The molecule has 0 heterocycles. The molecular weight excluding hydrogens is 300 g/mol. The number of halogens is 1. The molecule has 2 aromatic carbocycles. The molecule has 0 saturated heterocycles. The summed E-state index contributed by atoms with van der Waals surface area (Å²) in [5.74, 6) is 2.15. The number of anilines is 1. The molecule has 3 heteroatoms. The molecule has 0 radical (unpaired) electrons. The van der Waals surface area contributed by atoms with Crippen LogP contribution in [0.25, 0.3) is 0 Å². The summed E-state index contributed by atoms with van der Waals surface area (Å²) in [5.41, 5.74) is 4.66. The van der Waals surface area contributed by atoms with E-state index in [1.165, 1.54) is 16.6 Å². The average Bonchev–Trinajstić information content (AvgIpc) is 2.61. The topological polar surface area (TPSA) is 12.0 Å². The molecule has 1 nitrogen and oxygen atoms in total. The summed E-state index contributed by atoms with van der Waals surface area (Å²) in [5, 5.41) is 4.22. The summed E-state index contributed by atoms with van der Waals surface area (Å²) >= 11 is 6.60. The first kappa shape index (κ1) is 15.8. The number of nitrogens with one attached hydrogen (secondary N) is 1. The van der Waals surface area contributed by atoms with Gasteiger partial charge in [0.05, 0.1) is 0 Å². The number of rotatable bonds is 4. The van der Waals surface area contributed by atoms with Gasteiger partial charge in [0.15, 0.2) is 0 Å². The summed E-state index contributed by atoms with van der Waals surface area (Å²) in [6, 6.07) is 20.5. The summed E-state index contributed by atoms with van der Waals surface area (Å²) in [4.78, 5) is 0. The fraction of sp³-hybridized carbons (Fsp3) is 0.150. The molecule has 3 rings (SSSR count). The second-order valence-electron chi connectivity index (χ2n) is 5.62. The van der Waals surface area contributed by atoms with Gasteiger partial charge in [-0.15, -0.1) is 0 Å². The third-order valence-electron chi connectivity index (χ3n) is 3.92. The fourth-order valence-electron chi connectivity index (χ4n) is 2.65. The minimum atomic E-state index is 0.881. The van der Waals surface area contributed by atoms with Crippen LogP contribution in [0.5, 0.6) is 0 Å². The van der Waals surface area contributed by atoms with Crippen LogP contribution in [0.2, 0.25) is 0 Å². The Hall–Kier alpha value is -2.06. The van der Waals surface area contributed by atoms with Crippen molar-refractivity contribution in [2.75, 3.05) is 5.32 Å². The van der Waals surface area contributed by atoms with Gasteiger partial charge in [0.1, 0.15) is 0 Å². The van der Waals surface area contributed by atoms with E-state index in [1.54, 1.807) is 0 Å². The normalized spacial score (nSPS) is 16.7. The zero-order valence-corrected chi connectivity index (χ0v) is 13.8. The zero-order valence-electron chi connectivity index (χ0n) is 13.0. The van der Waals surface area contributed by atoms with Gasteiger partial charge in [0.25, 0.3) is 0 Å². The molecule has 0 saturated carbocycles. The molecule has 0 amide bonds. The van der Waals surface area contributed by atoms with Crippen LogP contribution in [0, 0.1) is 0 Å². The Labute approximate surface area is 143 Å². The number of hydrogen-bond acceptors (Lipinski definition) is 1. The molecule has 0 unspecified atom stereocenters. The van der Waals surface area contributed by atoms with Crippen molar-refractivity contribution in [3.8, 4) is 0 Å². The Balaban J connectivity index is 1.76. The second kappa shape index (κ2) is 7.98. The molecule has 0 aliphatic heterocycles. The monoisotopic (exact) mass is 319 g/mol. The van der Waals surface area contributed by atoms with Crippen LogP contribution < -0.4 is 10.8 Å². The third-order valence-corrected chi connectivity index (χ3v) is 4.40. The minimum absolute atomic E-state index is 0.881. The van der Waals surface area contributed by atoms with Crippen LogP contribution in [0.3, 0.4) is 0 Å². The Morgan fingerprint density at radius 3 is 2.35 bits per heavy atom. The molecule has 0 spiro atoms. The van der Waals surface area contributed by atoms with Crippen molar-refractivity contribution in [3.63, 3.8) is 0 Å². The van der Waals surface area contributed by atoms with Gasteiger partial charge in [-0.1, -0.05) is 0 Å². The molecule has 0 aromatic heterocycles. The van der Waals surface area contributed by atoms with Crippen molar-refractivity contribution >= 4 is 35.6 Å². The quantitative estimate of drug-likeness (QED) is 0.819. The molecule has 0 bridgehead atoms. The van der Waals surface area contributed by atoms with Crippen molar-refractivity contribution in [2.24, 2.45) is 0 Å². The first-order valence-corrected chi connectivity index (χ1v) is 8.33. The summed E-state index contributed by atoms with van der Waals surface area (Å²) in [6.07, 6.45) is 5.21. The van der Waals surface area contributed by atoms with Crippen molar-refractivity contribution in [1.29, 1.82) is 0 Å². The Bertz CT molecular complexity index is 733. The number of para-hydroxylation sites is 1. The molecule has 1 aliphatic rings. The molecule has 1 N–H and O–H groups in total. The predicted octanol–water partition coefficient (Wildman–Crippen LogP) is 4.49. The SMILES string of the molecule is ClC1=C(C=Bc2ccccc2)CCC/C1=C\Nc1ccccc1. The Morgan fingerprint density at radius 2 is 1.61 bits per heavy atom. The van der Waals surface area contributed by atoms with Crippen molar-refractivity contribution < 1.29 is 0 Å². The number of allylic oxidation sites excluding steroid dienone is 3. The van der Waals surface area contributed by atoms with Gasteiger partial charge >= 0.3 is 143 Å². The maximum atomic E-state index is 6.60. The van der Waals surface area contributed by atoms with Crippen LogP contribution in [0.4, 0.5) is 5.69 Å². The molecule has 114 valence electrons. The van der Waals surface area contributed by atoms with E-state index in [2.05, 4.69) is 30.3 Å². The van der Waals surface area contributed by atoms with Crippen LogP contribution in [-0.4, -0.2) is 12.9 Å². The van der Waals surface area contributed by atoms with E-state index in [0.717, 1.165) is 30.0 Å². The van der Waals surface area contributed by atoms with Gasteiger partial charge in [-0.05, 0) is 0 Å². The van der Waals surface area contributed by atoms with Gasteiger partial charge in [0, 0.05) is 0 Å². The van der Waals surface area contributed by atoms with Crippen molar-refractivity contribution in [2.45, 2.75) is 19.3 Å². The summed E-state index contributed by atoms with van der Waals surface area (Å²) in [7, 11) is 0. The average molecular weight is 320 g/mol. The maximum absolute atomic E-state index is 6.60. The molecule has 23 heavy (non-hydrogen) atoms. The second-order valence-corrected chi connectivity index (χ2v) is 5.99. The Kier molecular flexibility index (Phi) is 5.49. The van der Waals surface area contributed by atoms with Crippen molar-refractivity contribution in [3.05, 3.63) is 83.0 Å².